The largest absolute Gasteiger partial charge is 0.332 e. The minimum atomic E-state index is -0.662. The molecule has 1 N–H and O–H groups in total. The zero-order valence-electron chi connectivity index (χ0n) is 18.1. The van der Waals surface area contributed by atoms with Crippen molar-refractivity contribution in [2.45, 2.75) is 38.4 Å². The Kier molecular flexibility index (Phi) is 4.80. The number of amides is 4. The number of carbonyl (C=O) groups is 4. The number of nitrogens with one attached hydrogen (secondary N) is 1. The fourth-order valence-electron chi connectivity index (χ4n) is 4.76. The molecule has 1 atom stereocenters. The van der Waals surface area contributed by atoms with Gasteiger partial charge in [0.25, 0.3) is 11.8 Å². The standard InChI is InChI=1S/C23H20N6O4S/c30-20-4-3-18(21(31)24-20)28-10-14-9-15(1-2-16(14)22(28)32)29-11-17(25-26-29)23(33)27-7-5-13-6-8-34-19(13)12-27/h1-2,6,8-9,11,18H,3-5,7,10,12H2,(H,24,30,31). The van der Waals surface area contributed by atoms with Crippen LogP contribution in [0, 0.1) is 0 Å². The summed E-state index contributed by atoms with van der Waals surface area (Å²) in [5.41, 5.74) is 3.52. The van der Waals surface area contributed by atoms with E-state index in [2.05, 4.69) is 27.1 Å². The highest BCUT2D eigenvalue weighted by Gasteiger charge is 2.39. The molecule has 1 saturated heterocycles. The van der Waals surface area contributed by atoms with Crippen molar-refractivity contribution in [3.05, 3.63) is 63.1 Å². The molecule has 34 heavy (non-hydrogen) atoms. The van der Waals surface area contributed by atoms with Crippen molar-refractivity contribution in [1.29, 1.82) is 0 Å². The highest BCUT2D eigenvalue weighted by Crippen LogP contribution is 2.29. The van der Waals surface area contributed by atoms with Gasteiger partial charge in [-0.25, -0.2) is 4.68 Å². The number of benzene rings is 1. The van der Waals surface area contributed by atoms with Gasteiger partial charge in [-0.3, -0.25) is 24.5 Å². The summed E-state index contributed by atoms with van der Waals surface area (Å²) in [6, 6.07) is 6.71. The average molecular weight is 477 g/mol. The van der Waals surface area contributed by atoms with Crippen LogP contribution in [0.15, 0.2) is 35.8 Å². The molecule has 10 nitrogen and oxygen atoms in total. The number of imide groups is 1. The smallest absolute Gasteiger partial charge is 0.276 e. The predicted molar refractivity (Wildman–Crippen MR) is 120 cm³/mol. The van der Waals surface area contributed by atoms with Crippen molar-refractivity contribution in [3.8, 4) is 5.69 Å². The van der Waals surface area contributed by atoms with E-state index >= 15 is 0 Å². The molecule has 0 spiro atoms. The molecule has 0 radical (unpaired) electrons. The quantitative estimate of drug-likeness (QED) is 0.570. The fourth-order valence-corrected chi connectivity index (χ4v) is 5.71. The van der Waals surface area contributed by atoms with Crippen molar-refractivity contribution in [2.75, 3.05) is 6.54 Å². The van der Waals surface area contributed by atoms with Gasteiger partial charge in [-0.05, 0) is 53.6 Å². The van der Waals surface area contributed by atoms with Crippen LogP contribution in [0.2, 0.25) is 0 Å². The summed E-state index contributed by atoms with van der Waals surface area (Å²) in [4.78, 5) is 54.0. The molecule has 6 rings (SSSR count). The summed E-state index contributed by atoms with van der Waals surface area (Å²) in [5.74, 6) is -1.15. The number of hydrogen-bond acceptors (Lipinski definition) is 7. The van der Waals surface area contributed by atoms with Crippen molar-refractivity contribution in [3.63, 3.8) is 0 Å². The third-order valence-corrected chi connectivity index (χ3v) is 7.54. The molecule has 3 aromatic rings. The van der Waals surface area contributed by atoms with Crippen LogP contribution in [0.5, 0.6) is 0 Å². The van der Waals surface area contributed by atoms with Crippen molar-refractivity contribution >= 4 is 35.0 Å². The Hall–Kier alpha value is -3.86. The van der Waals surface area contributed by atoms with Crippen LogP contribution in [0.3, 0.4) is 0 Å². The maximum Gasteiger partial charge on any atom is 0.276 e. The van der Waals surface area contributed by atoms with E-state index in [1.807, 2.05) is 6.07 Å². The van der Waals surface area contributed by atoms with Gasteiger partial charge in [0.1, 0.15) is 6.04 Å². The zero-order chi connectivity index (χ0) is 23.4. The molecular weight excluding hydrogens is 456 g/mol. The van der Waals surface area contributed by atoms with E-state index in [-0.39, 0.29) is 36.4 Å². The first kappa shape index (κ1) is 20.7. The number of rotatable bonds is 3. The zero-order valence-corrected chi connectivity index (χ0v) is 18.9. The lowest BCUT2D eigenvalue weighted by Gasteiger charge is -2.29. The fraction of sp³-hybridized carbons (Fsp3) is 0.304. The Balaban J connectivity index is 1.20. The molecule has 0 bridgehead atoms. The van der Waals surface area contributed by atoms with Gasteiger partial charge in [0.05, 0.1) is 18.4 Å². The molecule has 5 heterocycles. The van der Waals surface area contributed by atoms with Crippen LogP contribution >= 0.6 is 11.3 Å². The molecule has 0 aliphatic carbocycles. The summed E-state index contributed by atoms with van der Waals surface area (Å²) in [6.45, 7) is 1.49. The highest BCUT2D eigenvalue weighted by molar-refractivity contribution is 7.10. The number of nitrogens with zero attached hydrogens (tertiary/aromatic N) is 5. The maximum absolute atomic E-state index is 13.0. The first-order chi connectivity index (χ1) is 16.5. The van der Waals surface area contributed by atoms with E-state index in [0.717, 1.165) is 12.0 Å². The average Bonchev–Trinajstić information content (AvgIpc) is 3.57. The lowest BCUT2D eigenvalue weighted by Crippen LogP contribution is -2.52. The van der Waals surface area contributed by atoms with Crippen LogP contribution in [-0.4, -0.2) is 61.0 Å². The number of fused-ring (bicyclic) bond motifs is 2. The number of aromatic nitrogens is 3. The number of thiophene rings is 1. The normalized spacial score (nSPS) is 19.8. The summed E-state index contributed by atoms with van der Waals surface area (Å²) in [7, 11) is 0. The summed E-state index contributed by atoms with van der Waals surface area (Å²) < 4.78 is 1.52. The van der Waals surface area contributed by atoms with Gasteiger partial charge in [-0.2, -0.15) is 0 Å². The van der Waals surface area contributed by atoms with Crippen molar-refractivity contribution < 1.29 is 19.2 Å². The highest BCUT2D eigenvalue weighted by atomic mass is 32.1. The number of carbonyl (C=O) groups excluding carboxylic acids is 4. The van der Waals surface area contributed by atoms with E-state index in [0.29, 0.717) is 30.8 Å². The van der Waals surface area contributed by atoms with Crippen LogP contribution in [0.25, 0.3) is 5.69 Å². The maximum atomic E-state index is 13.0. The minimum absolute atomic E-state index is 0.161. The van der Waals surface area contributed by atoms with Crippen molar-refractivity contribution in [1.82, 2.24) is 30.1 Å². The number of hydrogen-bond donors (Lipinski definition) is 1. The summed E-state index contributed by atoms with van der Waals surface area (Å²) in [6.07, 6.45) is 2.96. The second kappa shape index (κ2) is 7.87. The van der Waals surface area contributed by atoms with Crippen LogP contribution in [0.1, 0.15) is 49.7 Å². The Morgan fingerprint density at radius 3 is 2.82 bits per heavy atom. The third-order valence-electron chi connectivity index (χ3n) is 6.59. The van der Waals surface area contributed by atoms with E-state index in [4.69, 9.17) is 0 Å². The SMILES string of the molecule is O=C1CCC(N2Cc3cc(-n4cc(C(=O)N5CCc6ccsc6C5)nn4)ccc3C2=O)C(=O)N1. The number of piperidine rings is 1. The van der Waals surface area contributed by atoms with Crippen LogP contribution < -0.4 is 5.32 Å². The lowest BCUT2D eigenvalue weighted by atomic mass is 10.0. The second-order valence-electron chi connectivity index (χ2n) is 8.64. The molecule has 11 heteroatoms. The van der Waals surface area contributed by atoms with Gasteiger partial charge in [-0.15, -0.1) is 16.4 Å². The van der Waals surface area contributed by atoms with E-state index in [9.17, 15) is 19.2 Å². The molecule has 1 unspecified atom stereocenters. The van der Waals surface area contributed by atoms with E-state index in [1.165, 1.54) is 20.0 Å². The Morgan fingerprint density at radius 1 is 1.09 bits per heavy atom. The van der Waals surface area contributed by atoms with Gasteiger partial charge < -0.3 is 9.80 Å². The molecule has 1 aromatic carbocycles. The topological polar surface area (TPSA) is 118 Å². The van der Waals surface area contributed by atoms with Crippen LogP contribution in [-0.2, 0) is 29.1 Å². The Labute approximate surface area is 198 Å². The molecule has 4 amide bonds. The van der Waals surface area contributed by atoms with Gasteiger partial charge in [0.2, 0.25) is 11.8 Å². The minimum Gasteiger partial charge on any atom is -0.332 e. The monoisotopic (exact) mass is 476 g/mol. The molecule has 3 aliphatic heterocycles. The second-order valence-corrected chi connectivity index (χ2v) is 9.64. The summed E-state index contributed by atoms with van der Waals surface area (Å²) >= 11 is 1.66. The van der Waals surface area contributed by atoms with Gasteiger partial charge in [-0.1, -0.05) is 5.21 Å². The van der Waals surface area contributed by atoms with E-state index < -0.39 is 11.9 Å². The van der Waals surface area contributed by atoms with E-state index in [1.54, 1.807) is 34.6 Å². The Bertz CT molecular complexity index is 1360. The molecule has 3 aliphatic rings. The van der Waals surface area contributed by atoms with Gasteiger partial charge in [0.15, 0.2) is 5.69 Å². The van der Waals surface area contributed by atoms with Gasteiger partial charge >= 0.3 is 0 Å². The molecule has 172 valence electrons. The molecule has 1 fully saturated rings. The Morgan fingerprint density at radius 2 is 1.97 bits per heavy atom. The van der Waals surface area contributed by atoms with Crippen molar-refractivity contribution in [2.24, 2.45) is 0 Å². The summed E-state index contributed by atoms with van der Waals surface area (Å²) in [5, 5.41) is 12.6. The predicted octanol–water partition coefficient (Wildman–Crippen LogP) is 1.29. The lowest BCUT2D eigenvalue weighted by molar-refractivity contribution is -0.136. The molecule has 0 saturated carbocycles. The first-order valence-corrected chi connectivity index (χ1v) is 11.9. The van der Waals surface area contributed by atoms with Gasteiger partial charge in [0, 0.05) is 30.0 Å². The first-order valence-electron chi connectivity index (χ1n) is 11.0. The molecule has 2 aromatic heterocycles. The third kappa shape index (κ3) is 3.39. The molecular formula is C23H20N6O4S. The van der Waals surface area contributed by atoms with Crippen LogP contribution in [0.4, 0.5) is 0 Å².